The van der Waals surface area contributed by atoms with Crippen molar-refractivity contribution in [2.24, 2.45) is 0 Å². The van der Waals surface area contributed by atoms with E-state index in [-0.39, 0.29) is 5.91 Å². The van der Waals surface area contributed by atoms with E-state index in [9.17, 15) is 4.79 Å². The monoisotopic (exact) mass is 453 g/mol. The first-order valence-corrected chi connectivity index (χ1v) is 11.3. The van der Waals surface area contributed by atoms with Crippen LogP contribution in [-0.2, 0) is 11.3 Å². The second-order valence-electron chi connectivity index (χ2n) is 7.47. The van der Waals surface area contributed by atoms with Crippen LogP contribution in [0.15, 0.2) is 42.5 Å². The maximum atomic E-state index is 12.7. The van der Waals surface area contributed by atoms with Crippen LogP contribution in [0.4, 0.5) is 0 Å². The maximum absolute atomic E-state index is 12.7. The third-order valence-electron chi connectivity index (χ3n) is 5.49. The summed E-state index contributed by atoms with van der Waals surface area (Å²) in [4.78, 5) is 21.7. The molecule has 32 heavy (non-hydrogen) atoms. The van der Waals surface area contributed by atoms with Crippen molar-refractivity contribution in [1.82, 2.24) is 14.8 Å². The third kappa shape index (κ3) is 4.87. The van der Waals surface area contributed by atoms with Crippen LogP contribution in [0.2, 0.25) is 0 Å². The van der Waals surface area contributed by atoms with Gasteiger partial charge in [0, 0.05) is 32.3 Å². The molecule has 1 saturated heterocycles. The molecule has 0 spiro atoms. The summed E-state index contributed by atoms with van der Waals surface area (Å²) < 4.78 is 17.3. The first-order valence-electron chi connectivity index (χ1n) is 10.4. The number of hydrogen-bond acceptors (Lipinski definition) is 7. The fraction of sp³-hybridized carbons (Fsp3) is 0.333. The SMILES string of the molecule is COc1cc(C=CC(=O)N2CCN(Cc3nc4ccccc4s3)CC2)cc(OC)c1OC. The molecule has 2 heterocycles. The predicted molar refractivity (Wildman–Crippen MR) is 127 cm³/mol. The van der Waals surface area contributed by atoms with Crippen LogP contribution >= 0.6 is 11.3 Å². The topological polar surface area (TPSA) is 64.1 Å². The number of thiazole rings is 1. The zero-order valence-corrected chi connectivity index (χ0v) is 19.4. The van der Waals surface area contributed by atoms with E-state index in [2.05, 4.69) is 11.0 Å². The molecular weight excluding hydrogens is 426 g/mol. The van der Waals surface area contributed by atoms with Gasteiger partial charge in [-0.05, 0) is 35.9 Å². The Morgan fingerprint density at radius 1 is 1.03 bits per heavy atom. The fourth-order valence-corrected chi connectivity index (χ4v) is 4.79. The van der Waals surface area contributed by atoms with Crippen LogP contribution in [0.25, 0.3) is 16.3 Å². The van der Waals surface area contributed by atoms with Gasteiger partial charge in [-0.25, -0.2) is 4.98 Å². The smallest absolute Gasteiger partial charge is 0.246 e. The van der Waals surface area contributed by atoms with E-state index in [1.807, 2.05) is 35.2 Å². The van der Waals surface area contributed by atoms with E-state index < -0.39 is 0 Å². The van der Waals surface area contributed by atoms with Gasteiger partial charge in [0.05, 0.1) is 38.1 Å². The lowest BCUT2D eigenvalue weighted by Gasteiger charge is -2.33. The lowest BCUT2D eigenvalue weighted by molar-refractivity contribution is -0.127. The lowest BCUT2D eigenvalue weighted by Crippen LogP contribution is -2.47. The Kier molecular flexibility index (Phi) is 6.92. The van der Waals surface area contributed by atoms with Crippen molar-refractivity contribution in [3.63, 3.8) is 0 Å². The highest BCUT2D eigenvalue weighted by atomic mass is 32.1. The molecule has 8 heteroatoms. The highest BCUT2D eigenvalue weighted by molar-refractivity contribution is 7.18. The van der Waals surface area contributed by atoms with Crippen LogP contribution in [0.5, 0.6) is 17.2 Å². The molecule has 0 radical (unpaired) electrons. The second-order valence-corrected chi connectivity index (χ2v) is 8.58. The second kappa shape index (κ2) is 10.0. The van der Waals surface area contributed by atoms with Gasteiger partial charge in [-0.2, -0.15) is 0 Å². The van der Waals surface area contributed by atoms with Crippen molar-refractivity contribution < 1.29 is 19.0 Å². The van der Waals surface area contributed by atoms with Gasteiger partial charge in [0.25, 0.3) is 0 Å². The van der Waals surface area contributed by atoms with Gasteiger partial charge in [-0.1, -0.05) is 12.1 Å². The predicted octanol–water partition coefficient (Wildman–Crippen LogP) is 3.68. The van der Waals surface area contributed by atoms with Crippen molar-refractivity contribution in [2.45, 2.75) is 6.54 Å². The van der Waals surface area contributed by atoms with Crippen molar-refractivity contribution >= 4 is 33.5 Å². The van der Waals surface area contributed by atoms with Gasteiger partial charge >= 0.3 is 0 Å². The van der Waals surface area contributed by atoms with Gasteiger partial charge in [0.15, 0.2) is 11.5 Å². The number of nitrogens with zero attached hydrogens (tertiary/aromatic N) is 3. The van der Waals surface area contributed by atoms with Crippen molar-refractivity contribution in [3.05, 3.63) is 53.0 Å². The maximum Gasteiger partial charge on any atom is 0.246 e. The summed E-state index contributed by atoms with van der Waals surface area (Å²) in [5.41, 5.74) is 1.86. The quantitative estimate of drug-likeness (QED) is 0.509. The normalized spacial score (nSPS) is 14.8. The molecule has 1 aliphatic heterocycles. The standard InChI is InChI=1S/C24H27N3O4S/c1-29-19-14-17(15-20(30-2)24(19)31-3)8-9-23(28)27-12-10-26(11-13-27)16-22-25-18-6-4-5-7-21(18)32-22/h4-9,14-15H,10-13,16H2,1-3H3. The number of amides is 1. The zero-order valence-electron chi connectivity index (χ0n) is 18.5. The number of ether oxygens (including phenoxy) is 3. The highest BCUT2D eigenvalue weighted by Gasteiger charge is 2.21. The molecule has 1 aliphatic rings. The largest absolute Gasteiger partial charge is 0.493 e. The minimum absolute atomic E-state index is 0.00149. The van der Waals surface area contributed by atoms with Crippen LogP contribution in [0.3, 0.4) is 0 Å². The van der Waals surface area contributed by atoms with Crippen molar-refractivity contribution in [1.29, 1.82) is 0 Å². The summed E-state index contributed by atoms with van der Waals surface area (Å²) >= 11 is 1.74. The number of fused-ring (bicyclic) bond motifs is 1. The van der Waals surface area contributed by atoms with Gasteiger partial charge in [-0.15, -0.1) is 11.3 Å². The Morgan fingerprint density at radius 3 is 2.34 bits per heavy atom. The summed E-state index contributed by atoms with van der Waals surface area (Å²) in [5.74, 6) is 1.64. The van der Waals surface area contributed by atoms with Gasteiger partial charge in [0.2, 0.25) is 11.7 Å². The number of piperazine rings is 1. The summed E-state index contributed by atoms with van der Waals surface area (Å²) in [7, 11) is 4.71. The van der Waals surface area contributed by atoms with Crippen LogP contribution < -0.4 is 14.2 Å². The van der Waals surface area contributed by atoms with E-state index in [1.54, 1.807) is 44.8 Å². The van der Waals surface area contributed by atoms with Crippen molar-refractivity contribution in [3.8, 4) is 17.2 Å². The van der Waals surface area contributed by atoms with Crippen LogP contribution in [0, 0.1) is 0 Å². The van der Waals surface area contributed by atoms with Gasteiger partial charge in [-0.3, -0.25) is 9.69 Å². The molecule has 1 amide bonds. The van der Waals surface area contributed by atoms with E-state index >= 15 is 0 Å². The molecule has 0 unspecified atom stereocenters. The number of carbonyl (C=O) groups is 1. The zero-order chi connectivity index (χ0) is 22.5. The molecule has 4 rings (SSSR count). The minimum atomic E-state index is -0.00149. The molecule has 2 aromatic carbocycles. The number of benzene rings is 2. The molecule has 168 valence electrons. The summed E-state index contributed by atoms with van der Waals surface area (Å²) in [6.07, 6.45) is 3.38. The summed E-state index contributed by atoms with van der Waals surface area (Å²) in [5, 5.41) is 1.12. The lowest BCUT2D eigenvalue weighted by atomic mass is 10.1. The molecule has 1 aromatic heterocycles. The third-order valence-corrected chi connectivity index (χ3v) is 6.51. The van der Waals surface area contributed by atoms with E-state index in [0.717, 1.165) is 35.7 Å². The fourth-order valence-electron chi connectivity index (χ4n) is 3.78. The Morgan fingerprint density at radius 2 is 1.72 bits per heavy atom. The average molecular weight is 454 g/mol. The minimum Gasteiger partial charge on any atom is -0.493 e. The molecular formula is C24H27N3O4S. The van der Waals surface area contributed by atoms with Crippen LogP contribution in [0.1, 0.15) is 10.6 Å². The molecule has 0 N–H and O–H groups in total. The summed E-state index contributed by atoms with van der Waals surface area (Å²) in [6, 6.07) is 11.9. The molecule has 0 atom stereocenters. The Labute approximate surface area is 191 Å². The first kappa shape index (κ1) is 22.1. The number of para-hydroxylation sites is 1. The van der Waals surface area contributed by atoms with Crippen LogP contribution in [-0.4, -0.2) is 68.2 Å². The molecule has 0 aliphatic carbocycles. The van der Waals surface area contributed by atoms with E-state index in [0.29, 0.717) is 30.3 Å². The highest BCUT2D eigenvalue weighted by Crippen LogP contribution is 2.38. The van der Waals surface area contributed by atoms with E-state index in [1.165, 1.54) is 4.70 Å². The first-order chi connectivity index (χ1) is 15.6. The van der Waals surface area contributed by atoms with Gasteiger partial charge < -0.3 is 19.1 Å². The Balaban J connectivity index is 1.34. The summed E-state index contributed by atoms with van der Waals surface area (Å²) in [6.45, 7) is 3.88. The van der Waals surface area contributed by atoms with E-state index in [4.69, 9.17) is 19.2 Å². The number of methoxy groups -OCH3 is 3. The number of rotatable bonds is 7. The molecule has 1 fully saturated rings. The number of carbonyl (C=O) groups excluding carboxylic acids is 1. The molecule has 0 bridgehead atoms. The molecule has 7 nitrogen and oxygen atoms in total. The Bertz CT molecular complexity index is 1060. The molecule has 3 aromatic rings. The van der Waals surface area contributed by atoms with Crippen molar-refractivity contribution in [2.75, 3.05) is 47.5 Å². The van der Waals surface area contributed by atoms with Gasteiger partial charge in [0.1, 0.15) is 5.01 Å². The average Bonchev–Trinajstić information content (AvgIpc) is 3.24. The number of hydrogen-bond donors (Lipinski definition) is 0. The Hall–Kier alpha value is -3.10. The molecule has 0 saturated carbocycles. The number of aromatic nitrogens is 1.